The Balaban J connectivity index is 1.83. The molecule has 0 unspecified atom stereocenters. The van der Waals surface area contributed by atoms with Crippen LogP contribution in [0.5, 0.6) is 0 Å². The van der Waals surface area contributed by atoms with E-state index >= 15 is 0 Å². The molecule has 23 heavy (non-hydrogen) atoms. The number of ether oxygens (including phenoxy) is 1. The normalized spacial score (nSPS) is 10.7. The first-order chi connectivity index (χ1) is 11.1. The summed E-state index contributed by atoms with van der Waals surface area (Å²) in [5, 5.41) is 8.45. The lowest BCUT2D eigenvalue weighted by Gasteiger charge is -1.98. The van der Waals surface area contributed by atoms with E-state index in [2.05, 4.69) is 19.9 Å². The lowest BCUT2D eigenvalue weighted by molar-refractivity contribution is 0.0606. The van der Waals surface area contributed by atoms with Gasteiger partial charge in [-0.15, -0.1) is 10.2 Å². The molecule has 3 aromatic rings. The van der Waals surface area contributed by atoms with E-state index in [1.165, 1.54) is 7.11 Å². The van der Waals surface area contributed by atoms with Gasteiger partial charge in [0.1, 0.15) is 0 Å². The third kappa shape index (κ3) is 3.39. The van der Waals surface area contributed by atoms with Gasteiger partial charge in [0.05, 0.1) is 7.11 Å². The summed E-state index contributed by atoms with van der Waals surface area (Å²) in [6.07, 6.45) is 0. The highest BCUT2D eigenvalue weighted by Crippen LogP contribution is 2.35. The third-order valence-corrected chi connectivity index (χ3v) is 5.21. The molecule has 0 aliphatic rings. The molecule has 0 saturated carbocycles. The van der Waals surface area contributed by atoms with Gasteiger partial charge in [0, 0.05) is 17.3 Å². The number of aryl methyl sites for hydroxylation is 1. The first-order valence-electron chi connectivity index (χ1n) is 6.40. The number of carbonyl (C=O) groups excluding carboxylic acids is 1. The summed E-state index contributed by atoms with van der Waals surface area (Å²) in [7, 11) is 1.29. The highest BCUT2D eigenvalue weighted by Gasteiger charge is 2.20. The minimum absolute atomic E-state index is 0.1000. The maximum Gasteiger partial charge on any atom is 0.351 e. The van der Waals surface area contributed by atoms with Crippen LogP contribution in [0.3, 0.4) is 0 Å². The summed E-state index contributed by atoms with van der Waals surface area (Å²) in [6, 6.07) is 7.72. The Morgan fingerprint density at radius 3 is 2.87 bits per heavy atom. The van der Waals surface area contributed by atoms with Gasteiger partial charge in [0.2, 0.25) is 5.89 Å². The van der Waals surface area contributed by atoms with Crippen LogP contribution in [0.15, 0.2) is 38.2 Å². The van der Waals surface area contributed by atoms with Gasteiger partial charge in [-0.05, 0) is 18.6 Å². The number of esters is 1. The zero-order valence-electron chi connectivity index (χ0n) is 12.1. The largest absolute Gasteiger partial charge is 0.465 e. The van der Waals surface area contributed by atoms with Crippen molar-refractivity contribution in [3.63, 3.8) is 0 Å². The van der Waals surface area contributed by atoms with Crippen molar-refractivity contribution in [2.45, 2.75) is 16.5 Å². The van der Waals surface area contributed by atoms with E-state index in [0.717, 1.165) is 34.2 Å². The fourth-order valence-corrected chi connectivity index (χ4v) is 3.90. The molecule has 6 nitrogen and oxygen atoms in total. The van der Waals surface area contributed by atoms with Crippen LogP contribution in [0.2, 0.25) is 5.15 Å². The van der Waals surface area contributed by atoms with Crippen LogP contribution in [-0.2, 0) is 4.74 Å². The second-order valence-electron chi connectivity index (χ2n) is 4.38. The molecular weight excluding hydrogens is 358 g/mol. The number of carbonyl (C=O) groups is 1. The van der Waals surface area contributed by atoms with Gasteiger partial charge in [-0.1, -0.05) is 41.1 Å². The second-order valence-corrected chi connectivity index (χ2v) is 6.94. The van der Waals surface area contributed by atoms with E-state index in [4.69, 9.17) is 16.0 Å². The molecule has 0 fully saturated rings. The second kappa shape index (κ2) is 6.69. The molecule has 0 saturated heterocycles. The number of aromatic nitrogens is 3. The highest BCUT2D eigenvalue weighted by atomic mass is 35.5. The van der Waals surface area contributed by atoms with Crippen LogP contribution < -0.4 is 0 Å². The average molecular weight is 368 g/mol. The Bertz CT molecular complexity index is 863. The molecule has 0 aliphatic carbocycles. The molecule has 1 aromatic carbocycles. The predicted octanol–water partition coefficient (Wildman–Crippen LogP) is 4.09. The van der Waals surface area contributed by atoms with Gasteiger partial charge in [0.25, 0.3) is 5.22 Å². The number of benzene rings is 1. The number of nitrogens with zero attached hydrogens (tertiary/aromatic N) is 3. The highest BCUT2D eigenvalue weighted by molar-refractivity contribution is 8.00. The molecule has 0 spiro atoms. The Hall–Kier alpha value is -1.90. The third-order valence-electron chi connectivity index (χ3n) is 2.89. The van der Waals surface area contributed by atoms with Crippen LogP contribution >= 0.6 is 34.7 Å². The molecule has 2 aromatic heterocycles. The molecule has 0 aliphatic heterocycles. The van der Waals surface area contributed by atoms with Gasteiger partial charge < -0.3 is 9.15 Å². The fourth-order valence-electron chi connectivity index (χ4n) is 1.79. The van der Waals surface area contributed by atoms with Gasteiger partial charge in [-0.2, -0.15) is 0 Å². The Morgan fingerprint density at radius 1 is 1.35 bits per heavy atom. The first kappa shape index (κ1) is 16.0. The van der Waals surface area contributed by atoms with Gasteiger partial charge in [-0.25, -0.2) is 9.78 Å². The molecule has 118 valence electrons. The van der Waals surface area contributed by atoms with Crippen LogP contribution in [0, 0.1) is 6.92 Å². The number of hydrogen-bond acceptors (Lipinski definition) is 8. The molecule has 0 atom stereocenters. The number of rotatable bonds is 4. The average Bonchev–Trinajstić information content (AvgIpc) is 3.14. The molecule has 0 amide bonds. The van der Waals surface area contributed by atoms with Crippen molar-refractivity contribution in [1.82, 2.24) is 15.2 Å². The fraction of sp³-hybridized carbons (Fsp3) is 0.143. The minimum atomic E-state index is -0.523. The molecule has 0 radical (unpaired) electrons. The van der Waals surface area contributed by atoms with E-state index in [1.807, 2.05) is 31.2 Å². The molecule has 0 bridgehead atoms. The summed E-state index contributed by atoms with van der Waals surface area (Å²) in [4.78, 5) is 15.9. The lowest BCUT2D eigenvalue weighted by Crippen LogP contribution is -1.98. The van der Waals surface area contributed by atoms with Crippen molar-refractivity contribution in [3.8, 4) is 11.5 Å². The predicted molar refractivity (Wildman–Crippen MR) is 87.1 cm³/mol. The maximum absolute atomic E-state index is 11.5. The van der Waals surface area contributed by atoms with Crippen LogP contribution in [0.4, 0.5) is 0 Å². The molecule has 2 heterocycles. The van der Waals surface area contributed by atoms with E-state index in [0.29, 0.717) is 15.5 Å². The Kier molecular flexibility index (Phi) is 4.65. The van der Waals surface area contributed by atoms with Crippen molar-refractivity contribution in [1.29, 1.82) is 0 Å². The molecule has 3 rings (SSSR count). The van der Waals surface area contributed by atoms with Crippen molar-refractivity contribution in [3.05, 3.63) is 39.9 Å². The summed E-state index contributed by atoms with van der Waals surface area (Å²) in [6.45, 7) is 1.97. The van der Waals surface area contributed by atoms with E-state index < -0.39 is 5.97 Å². The lowest BCUT2D eigenvalue weighted by atomic mass is 10.1. The maximum atomic E-state index is 11.5. The smallest absolute Gasteiger partial charge is 0.351 e. The first-order valence-corrected chi connectivity index (χ1v) is 8.41. The quantitative estimate of drug-likeness (QED) is 0.642. The van der Waals surface area contributed by atoms with Crippen LogP contribution in [-0.4, -0.2) is 28.3 Å². The molecule has 0 N–H and O–H groups in total. The van der Waals surface area contributed by atoms with Crippen LogP contribution in [0.1, 0.15) is 15.2 Å². The van der Waals surface area contributed by atoms with Gasteiger partial charge in [0.15, 0.2) is 14.4 Å². The summed E-state index contributed by atoms with van der Waals surface area (Å²) < 4.78 is 10.8. The summed E-state index contributed by atoms with van der Waals surface area (Å²) >= 11 is 8.18. The van der Waals surface area contributed by atoms with Crippen LogP contribution in [0.25, 0.3) is 11.5 Å². The number of methoxy groups -OCH3 is 1. The van der Waals surface area contributed by atoms with Gasteiger partial charge in [-0.3, -0.25) is 0 Å². The van der Waals surface area contributed by atoms with E-state index in [1.54, 1.807) is 0 Å². The SMILES string of the molecule is COC(=O)c1sc(Sc2nnc(-c3ccccc3C)o2)nc1Cl. The Labute approximate surface area is 144 Å². The van der Waals surface area contributed by atoms with Crippen molar-refractivity contribution < 1.29 is 13.9 Å². The zero-order chi connectivity index (χ0) is 16.4. The molecule has 9 heteroatoms. The van der Waals surface area contributed by atoms with E-state index in [9.17, 15) is 4.79 Å². The Morgan fingerprint density at radius 2 is 2.13 bits per heavy atom. The number of thiazole rings is 1. The van der Waals surface area contributed by atoms with Crippen molar-refractivity contribution in [2.75, 3.05) is 7.11 Å². The summed E-state index contributed by atoms with van der Waals surface area (Å²) in [5.74, 6) is -0.0908. The molecular formula is C14H10ClN3O3S2. The number of hydrogen-bond donors (Lipinski definition) is 0. The van der Waals surface area contributed by atoms with Crippen molar-refractivity contribution >= 4 is 40.7 Å². The van der Waals surface area contributed by atoms with Crippen molar-refractivity contribution in [2.24, 2.45) is 0 Å². The number of halogens is 1. The van der Waals surface area contributed by atoms with Gasteiger partial charge >= 0.3 is 5.97 Å². The zero-order valence-corrected chi connectivity index (χ0v) is 14.5. The topological polar surface area (TPSA) is 78.1 Å². The standard InChI is InChI=1S/C14H10ClN3O3S2/c1-7-5-3-4-6-8(7)11-17-18-13(21-11)23-14-16-10(15)9(22-14)12(19)20-2/h3-6H,1-2H3. The summed E-state index contributed by atoms with van der Waals surface area (Å²) in [5.41, 5.74) is 1.91. The van der Waals surface area contributed by atoms with E-state index in [-0.39, 0.29) is 10.0 Å². The minimum Gasteiger partial charge on any atom is -0.465 e. The monoisotopic (exact) mass is 367 g/mol.